The Bertz CT molecular complexity index is 611. The summed E-state index contributed by atoms with van der Waals surface area (Å²) >= 11 is -0.362. The van der Waals surface area contributed by atoms with E-state index in [0.717, 1.165) is 0 Å². The number of aromatic nitrogens is 1. The number of nitrogens with zero attached hydrogens (tertiary/aromatic N) is 1. The number of halogens is 1. The second-order valence-corrected chi connectivity index (χ2v) is 6.24. The smallest absolute Gasteiger partial charge is 0.338 e. The molecule has 1 aliphatic heterocycles. The normalized spacial score (nSPS) is 14.3. The fraction of sp³-hybridized carbons (Fsp3) is 0.154. The van der Waals surface area contributed by atoms with Gasteiger partial charge in [-0.25, -0.2) is 4.79 Å². The van der Waals surface area contributed by atoms with Crippen LogP contribution in [-0.4, -0.2) is 21.7 Å². The van der Waals surface area contributed by atoms with E-state index in [1.165, 1.54) is 10.7 Å². The van der Waals surface area contributed by atoms with Crippen LogP contribution in [0.2, 0.25) is 0 Å². The van der Waals surface area contributed by atoms with Gasteiger partial charge in [-0.2, -0.15) is 0 Å². The van der Waals surface area contributed by atoms with Gasteiger partial charge in [0.2, 0.25) is 0 Å². The fourth-order valence-corrected chi connectivity index (χ4v) is 3.60. The Hall–Kier alpha value is -1.50. The average Bonchev–Trinajstić information content (AvgIpc) is 2.41. The van der Waals surface area contributed by atoms with Gasteiger partial charge in [-0.3, -0.25) is 4.79 Å². The van der Waals surface area contributed by atoms with E-state index in [0.29, 0.717) is 12.1 Å². The van der Waals surface area contributed by atoms with Crippen molar-refractivity contribution >= 4 is 30.7 Å². The van der Waals surface area contributed by atoms with Crippen molar-refractivity contribution in [2.24, 2.45) is 0 Å². The molecule has 1 aliphatic rings. The van der Waals surface area contributed by atoms with Crippen LogP contribution in [0.25, 0.3) is 0 Å². The minimum Gasteiger partial charge on any atom is -0.465 e. The van der Waals surface area contributed by atoms with E-state index < -0.39 is 0 Å². The molecule has 1 aromatic heterocycles. The number of ether oxygens (including phenoxy) is 1. The summed E-state index contributed by atoms with van der Waals surface area (Å²) in [6.07, 6.45) is 5.43. The first kappa shape index (κ1) is 12.9. The summed E-state index contributed by atoms with van der Waals surface area (Å²) in [5, 5.41) is 0. The van der Waals surface area contributed by atoms with Gasteiger partial charge in [0.05, 0.1) is 19.2 Å². The molecular formula is C13H12INO3. The highest BCUT2D eigenvalue weighted by molar-refractivity contribution is 14.2. The molecule has 0 saturated heterocycles. The third kappa shape index (κ3) is 3.04. The summed E-state index contributed by atoms with van der Waals surface area (Å²) in [4.78, 5) is 22.9. The molecule has 0 bridgehead atoms. The maximum absolute atomic E-state index is 11.6. The standard InChI is InChI=1S/C13H12INO3/c1-18-13(17)10-5-6-11(14-8-10)9-15-7-3-2-4-12(15)16/h2-8H,9H2,1H3. The van der Waals surface area contributed by atoms with Gasteiger partial charge in [-0.1, -0.05) is 32.9 Å². The monoisotopic (exact) mass is 357 g/mol. The zero-order chi connectivity index (χ0) is 13.0. The van der Waals surface area contributed by atoms with Gasteiger partial charge in [0, 0.05) is 15.8 Å². The van der Waals surface area contributed by atoms with Crippen LogP contribution in [0.3, 0.4) is 0 Å². The van der Waals surface area contributed by atoms with Crippen LogP contribution in [0.4, 0.5) is 0 Å². The van der Waals surface area contributed by atoms with Crippen molar-refractivity contribution < 1.29 is 9.53 Å². The molecule has 0 fully saturated rings. The van der Waals surface area contributed by atoms with Crippen molar-refractivity contribution in [1.82, 2.24) is 4.57 Å². The molecular weight excluding hydrogens is 345 g/mol. The van der Waals surface area contributed by atoms with Crippen molar-refractivity contribution in [3.8, 4) is 0 Å². The van der Waals surface area contributed by atoms with Crippen LogP contribution >= 0.6 is 20.7 Å². The first-order valence-electron chi connectivity index (χ1n) is 5.32. The molecule has 0 radical (unpaired) electrons. The maximum atomic E-state index is 11.6. The molecule has 4 nitrogen and oxygen atoms in total. The number of carbonyl (C=O) groups excluding carboxylic acids is 1. The van der Waals surface area contributed by atoms with Crippen molar-refractivity contribution in [2.45, 2.75) is 6.54 Å². The molecule has 0 N–H and O–H groups in total. The number of carbonyl (C=O) groups is 1. The fourth-order valence-electron chi connectivity index (χ4n) is 1.45. The summed E-state index contributed by atoms with van der Waals surface area (Å²) in [7, 11) is 1.37. The number of hydrogen-bond donors (Lipinski definition) is 0. The second kappa shape index (κ2) is 5.90. The highest BCUT2D eigenvalue weighted by Crippen LogP contribution is 2.21. The molecule has 5 heteroatoms. The van der Waals surface area contributed by atoms with E-state index >= 15 is 0 Å². The lowest BCUT2D eigenvalue weighted by molar-refractivity contribution is -0.135. The largest absolute Gasteiger partial charge is 0.465 e. The molecule has 0 aromatic carbocycles. The molecule has 18 heavy (non-hydrogen) atoms. The zero-order valence-electron chi connectivity index (χ0n) is 9.80. The maximum Gasteiger partial charge on any atom is 0.338 e. The first-order chi connectivity index (χ1) is 8.70. The highest BCUT2D eigenvalue weighted by Gasteiger charge is 2.09. The van der Waals surface area contributed by atoms with Crippen LogP contribution in [0.15, 0.2) is 50.5 Å². The van der Waals surface area contributed by atoms with Gasteiger partial charge < -0.3 is 9.30 Å². The lowest BCUT2D eigenvalue weighted by Gasteiger charge is -2.08. The molecule has 0 atom stereocenters. The van der Waals surface area contributed by atoms with Crippen LogP contribution in [-0.2, 0) is 16.1 Å². The number of rotatable bonds is 3. The Labute approximate surface area is 114 Å². The Morgan fingerprint density at radius 3 is 2.83 bits per heavy atom. The van der Waals surface area contributed by atoms with Crippen molar-refractivity contribution in [1.29, 1.82) is 0 Å². The summed E-state index contributed by atoms with van der Waals surface area (Å²) in [5.41, 5.74) is 0.597. The van der Waals surface area contributed by atoms with E-state index in [9.17, 15) is 9.59 Å². The third-order valence-electron chi connectivity index (χ3n) is 2.40. The molecule has 1 aromatic rings. The predicted octanol–water partition coefficient (Wildman–Crippen LogP) is 1.62. The SMILES string of the molecule is COC(=O)C1=CC=C(Cn2ccccc2=O)I=C1. The average molecular weight is 357 g/mol. The van der Waals surface area contributed by atoms with E-state index in [4.69, 9.17) is 0 Å². The van der Waals surface area contributed by atoms with Crippen LogP contribution in [0.1, 0.15) is 0 Å². The van der Waals surface area contributed by atoms with Crippen molar-refractivity contribution in [3.63, 3.8) is 0 Å². The lowest BCUT2D eigenvalue weighted by atomic mass is 10.3. The van der Waals surface area contributed by atoms with Crippen LogP contribution in [0, 0.1) is 0 Å². The number of pyridine rings is 1. The Kier molecular flexibility index (Phi) is 4.24. The quantitative estimate of drug-likeness (QED) is 0.610. The van der Waals surface area contributed by atoms with Gasteiger partial charge in [0.25, 0.3) is 5.56 Å². The van der Waals surface area contributed by atoms with Gasteiger partial charge in [0.15, 0.2) is 0 Å². The topological polar surface area (TPSA) is 48.3 Å². The summed E-state index contributed by atoms with van der Waals surface area (Å²) in [6, 6.07) is 5.11. The Morgan fingerprint density at radius 2 is 2.22 bits per heavy atom. The number of allylic oxidation sites excluding steroid dienone is 3. The molecule has 0 saturated carbocycles. The van der Waals surface area contributed by atoms with E-state index in [1.807, 2.05) is 16.2 Å². The first-order valence-corrected chi connectivity index (χ1v) is 7.64. The zero-order valence-corrected chi connectivity index (χ0v) is 12.0. The van der Waals surface area contributed by atoms with Crippen molar-refractivity contribution in [3.05, 3.63) is 56.1 Å². The Balaban J connectivity index is 2.15. The summed E-state index contributed by atoms with van der Waals surface area (Å²) in [6.45, 7) is 0.592. The number of esters is 1. The van der Waals surface area contributed by atoms with Gasteiger partial charge >= 0.3 is 5.97 Å². The molecule has 94 valence electrons. The molecule has 0 spiro atoms. The minimum absolute atomic E-state index is 0.00912. The minimum atomic E-state index is -0.362. The molecule has 0 aliphatic carbocycles. The van der Waals surface area contributed by atoms with Gasteiger partial charge in [-0.15, -0.1) is 0 Å². The third-order valence-corrected chi connectivity index (χ3v) is 4.88. The lowest BCUT2D eigenvalue weighted by Crippen LogP contribution is -2.18. The van der Waals surface area contributed by atoms with Crippen LogP contribution in [0.5, 0.6) is 0 Å². The van der Waals surface area contributed by atoms with Crippen LogP contribution < -0.4 is 5.56 Å². The van der Waals surface area contributed by atoms with E-state index in [2.05, 4.69) is 4.74 Å². The number of hydrogen-bond acceptors (Lipinski definition) is 3. The Morgan fingerprint density at radius 1 is 1.39 bits per heavy atom. The van der Waals surface area contributed by atoms with E-state index in [-0.39, 0.29) is 32.3 Å². The van der Waals surface area contributed by atoms with Gasteiger partial charge in [-0.05, 0) is 16.2 Å². The second-order valence-electron chi connectivity index (χ2n) is 3.61. The highest BCUT2D eigenvalue weighted by atomic mass is 127. The molecule has 2 rings (SSSR count). The van der Waals surface area contributed by atoms with Crippen molar-refractivity contribution in [2.75, 3.05) is 7.11 Å². The van der Waals surface area contributed by atoms with Gasteiger partial charge in [0.1, 0.15) is 0 Å². The predicted molar refractivity (Wildman–Crippen MR) is 79.0 cm³/mol. The molecule has 0 unspecified atom stereocenters. The molecule has 2 heterocycles. The molecule has 0 amide bonds. The summed E-state index contributed by atoms with van der Waals surface area (Å²) in [5.74, 6) is -0.304. The van der Waals surface area contributed by atoms with E-state index in [1.54, 1.807) is 29.0 Å². The number of methoxy groups -OCH3 is 1. The summed E-state index contributed by atoms with van der Waals surface area (Å²) < 4.78 is 9.43.